The van der Waals surface area contributed by atoms with E-state index in [4.69, 9.17) is 16.3 Å². The van der Waals surface area contributed by atoms with Crippen LogP contribution in [0, 0.1) is 68.0 Å². The lowest BCUT2D eigenvalue weighted by atomic mass is 9.33. The van der Waals surface area contributed by atoms with Gasteiger partial charge in [0.1, 0.15) is 6.10 Å². The Morgan fingerprint density at radius 1 is 0.806 bits per heavy atom. The molecular weight excluding hydrogens is 790 g/mol. The molecule has 0 aromatic heterocycles. The topological polar surface area (TPSA) is 89.5 Å². The Balaban J connectivity index is 1.01. The van der Waals surface area contributed by atoms with Crippen LogP contribution in [0.5, 0.6) is 0 Å². The highest BCUT2D eigenvalue weighted by Crippen LogP contribution is 2.76. The second kappa shape index (κ2) is 15.4. The van der Waals surface area contributed by atoms with Gasteiger partial charge in [-0.3, -0.25) is 19.2 Å². The predicted octanol–water partition coefficient (Wildman–Crippen LogP) is 12.6. The van der Waals surface area contributed by atoms with E-state index in [-0.39, 0.29) is 80.8 Å². The van der Waals surface area contributed by atoms with Crippen molar-refractivity contribution in [2.45, 2.75) is 165 Å². The lowest BCUT2D eigenvalue weighted by Crippen LogP contribution is -2.67. The summed E-state index contributed by atoms with van der Waals surface area (Å²) in [5, 5.41) is 4.10. The summed E-state index contributed by atoms with van der Waals surface area (Å²) in [6.45, 7) is 25.0. The van der Waals surface area contributed by atoms with Gasteiger partial charge in [-0.25, -0.2) is 0 Å². The monoisotopic (exact) mass is 864 g/mol. The van der Waals surface area contributed by atoms with Gasteiger partial charge in [0, 0.05) is 28.8 Å². The minimum absolute atomic E-state index is 0.00400. The van der Waals surface area contributed by atoms with Crippen molar-refractivity contribution in [2.24, 2.45) is 68.0 Å². The lowest BCUT2D eigenvalue weighted by molar-refractivity contribution is -0.235. The number of rotatable bonds is 10. The maximum absolute atomic E-state index is 14.5. The number of nitrogens with one attached hydrogen (secondary N) is 1. The molecule has 6 aliphatic carbocycles. The molecule has 336 valence electrons. The van der Waals surface area contributed by atoms with Crippen molar-refractivity contribution in [1.29, 1.82) is 0 Å². The Kier molecular flexibility index (Phi) is 11.3. The second-order valence-electron chi connectivity index (χ2n) is 24.0. The van der Waals surface area contributed by atoms with Gasteiger partial charge >= 0.3 is 5.97 Å². The van der Waals surface area contributed by atoms with Crippen molar-refractivity contribution in [3.8, 4) is 0 Å². The molecule has 0 aliphatic heterocycles. The third kappa shape index (κ3) is 7.00. The maximum atomic E-state index is 14.5. The molecule has 5 saturated carbocycles. The SMILES string of the molecule is CC(C)C1=C2[C@H]3CC[C@@H]4[C@@]5(C)CC[C@H](OC(=O)[C@H]6C[C@@H](Cc7ccccc7)C6(C)C)C(C)(C)[C@@H]5CC[C@@]4(C)[C@]3(C)CC[C@@]2(NC(=O)C(C)(C)CC(=O)c2ccc(Cl)cc2)CC1=O. The van der Waals surface area contributed by atoms with Gasteiger partial charge < -0.3 is 10.1 Å². The number of amides is 1. The van der Waals surface area contributed by atoms with Crippen LogP contribution in [0.3, 0.4) is 0 Å². The van der Waals surface area contributed by atoms with Crippen molar-refractivity contribution >= 4 is 35.0 Å². The Labute approximate surface area is 377 Å². The molecule has 0 spiro atoms. The van der Waals surface area contributed by atoms with E-state index in [1.54, 1.807) is 24.3 Å². The molecule has 2 aromatic rings. The van der Waals surface area contributed by atoms with E-state index in [9.17, 15) is 19.2 Å². The van der Waals surface area contributed by atoms with Gasteiger partial charge in [0.2, 0.25) is 5.91 Å². The van der Waals surface area contributed by atoms with E-state index >= 15 is 0 Å². The first-order chi connectivity index (χ1) is 28.9. The van der Waals surface area contributed by atoms with Crippen LogP contribution in [-0.4, -0.2) is 35.1 Å². The summed E-state index contributed by atoms with van der Waals surface area (Å²) in [6, 6.07) is 17.5. The highest BCUT2D eigenvalue weighted by Gasteiger charge is 2.70. The van der Waals surface area contributed by atoms with Crippen molar-refractivity contribution in [3.63, 3.8) is 0 Å². The molecule has 6 nitrogen and oxygen atoms in total. The fourth-order valence-electron chi connectivity index (χ4n) is 15.4. The van der Waals surface area contributed by atoms with Crippen LogP contribution in [0.4, 0.5) is 0 Å². The zero-order valence-corrected chi connectivity index (χ0v) is 40.4. The molecule has 0 saturated heterocycles. The first-order valence-electron chi connectivity index (χ1n) is 24.0. The molecule has 62 heavy (non-hydrogen) atoms. The number of Topliss-reactive ketones (excluding diaryl/α,β-unsaturated/α-hetero) is 2. The van der Waals surface area contributed by atoms with Gasteiger partial charge in [-0.1, -0.05) is 118 Å². The number of esters is 1. The third-order valence-electron chi connectivity index (χ3n) is 19.4. The van der Waals surface area contributed by atoms with Gasteiger partial charge in [-0.2, -0.15) is 0 Å². The van der Waals surface area contributed by atoms with Crippen LogP contribution in [0.25, 0.3) is 0 Å². The first kappa shape index (κ1) is 45.3. The number of ketones is 2. The van der Waals surface area contributed by atoms with Crippen LogP contribution in [0.1, 0.15) is 163 Å². The van der Waals surface area contributed by atoms with E-state index in [2.05, 4.69) is 98.0 Å². The fourth-order valence-corrected chi connectivity index (χ4v) is 15.6. The van der Waals surface area contributed by atoms with Crippen LogP contribution in [0.15, 0.2) is 65.7 Å². The first-order valence-corrected chi connectivity index (χ1v) is 24.4. The number of carbonyl (C=O) groups is 4. The molecular formula is C55H74ClNO5. The van der Waals surface area contributed by atoms with Crippen LogP contribution in [0.2, 0.25) is 5.02 Å². The summed E-state index contributed by atoms with van der Waals surface area (Å²) in [5.41, 5.74) is 2.12. The number of ether oxygens (including phenoxy) is 1. The highest BCUT2D eigenvalue weighted by atomic mass is 35.5. The summed E-state index contributed by atoms with van der Waals surface area (Å²) in [6.07, 6.45) is 10.0. The van der Waals surface area contributed by atoms with E-state index < -0.39 is 11.0 Å². The largest absolute Gasteiger partial charge is 0.462 e. The molecule has 0 heterocycles. The summed E-state index contributed by atoms with van der Waals surface area (Å²) in [4.78, 5) is 56.2. The predicted molar refractivity (Wildman–Crippen MR) is 247 cm³/mol. The second-order valence-corrected chi connectivity index (χ2v) is 24.4. The van der Waals surface area contributed by atoms with Crippen molar-refractivity contribution < 1.29 is 23.9 Å². The number of hydrogen-bond donors (Lipinski definition) is 1. The molecule has 10 atom stereocenters. The molecule has 1 N–H and O–H groups in total. The Morgan fingerprint density at radius 2 is 1.48 bits per heavy atom. The average molecular weight is 865 g/mol. The third-order valence-corrected chi connectivity index (χ3v) is 19.7. The van der Waals surface area contributed by atoms with E-state index in [0.29, 0.717) is 34.8 Å². The van der Waals surface area contributed by atoms with Crippen molar-refractivity contribution in [1.82, 2.24) is 5.32 Å². The quantitative estimate of drug-likeness (QED) is 0.190. The lowest BCUT2D eigenvalue weighted by Gasteiger charge is -2.72. The van der Waals surface area contributed by atoms with E-state index in [0.717, 1.165) is 69.8 Å². The van der Waals surface area contributed by atoms with Gasteiger partial charge in [0.15, 0.2) is 11.6 Å². The molecule has 8 rings (SSSR count). The summed E-state index contributed by atoms with van der Waals surface area (Å²) in [7, 11) is 0. The molecule has 6 aliphatic rings. The smallest absolute Gasteiger partial charge is 0.309 e. The Morgan fingerprint density at radius 3 is 2.13 bits per heavy atom. The maximum Gasteiger partial charge on any atom is 0.309 e. The standard InChI is InChI=1S/C55H74ClNO5/c1-33(2)45-41(59)32-55(57-48(61)49(3,4)31-40(58)35-17-19-37(56)20-18-35)28-27-53(10)38(46(45)55)21-22-43-52(9)25-24-44(51(7,8)42(52)23-26-54(43,53)11)62-47(60)39-30-36(50(39,5)6)29-34-15-13-12-14-16-34/h12-20,33,36,38-39,42-44H,21-32H2,1-11H3,(H,57,61)/t36-,38-,39-,42+,43-,44+,52+,53-,54-,55-/m1/s1. The van der Waals surface area contributed by atoms with Gasteiger partial charge in [-0.15, -0.1) is 0 Å². The number of halogens is 1. The minimum atomic E-state index is -0.976. The van der Waals surface area contributed by atoms with Crippen molar-refractivity contribution in [2.75, 3.05) is 0 Å². The number of allylic oxidation sites excluding steroid dienone is 1. The molecule has 0 unspecified atom stereocenters. The van der Waals surface area contributed by atoms with E-state index in [1.807, 2.05) is 13.8 Å². The zero-order valence-electron chi connectivity index (χ0n) is 39.6. The number of hydrogen-bond acceptors (Lipinski definition) is 5. The Hall–Kier alpha value is -3.25. The number of fused-ring (bicyclic) bond motifs is 7. The molecule has 5 fully saturated rings. The average Bonchev–Trinajstić information content (AvgIpc) is 3.49. The van der Waals surface area contributed by atoms with Crippen LogP contribution < -0.4 is 5.32 Å². The molecule has 7 heteroatoms. The number of benzene rings is 2. The molecule has 0 radical (unpaired) electrons. The minimum Gasteiger partial charge on any atom is -0.462 e. The zero-order chi connectivity index (χ0) is 45.0. The summed E-state index contributed by atoms with van der Waals surface area (Å²) in [5.74, 6) is 1.47. The van der Waals surface area contributed by atoms with Gasteiger partial charge in [-0.05, 0) is 156 Å². The molecule has 0 bridgehead atoms. The molecule has 2 aromatic carbocycles. The Bertz CT molecular complexity index is 2150. The summed E-state index contributed by atoms with van der Waals surface area (Å²) < 4.78 is 6.68. The number of carbonyl (C=O) groups excluding carboxylic acids is 4. The highest BCUT2D eigenvalue weighted by molar-refractivity contribution is 6.30. The van der Waals surface area contributed by atoms with Gasteiger partial charge in [0.05, 0.1) is 16.9 Å². The summed E-state index contributed by atoms with van der Waals surface area (Å²) >= 11 is 6.10. The fraction of sp³-hybridized carbons (Fsp3) is 0.673. The van der Waals surface area contributed by atoms with Gasteiger partial charge in [0.25, 0.3) is 0 Å². The van der Waals surface area contributed by atoms with Crippen molar-refractivity contribution in [3.05, 3.63) is 81.9 Å². The van der Waals surface area contributed by atoms with Crippen LogP contribution >= 0.6 is 11.6 Å². The van der Waals surface area contributed by atoms with Crippen LogP contribution in [-0.2, 0) is 25.5 Å². The van der Waals surface area contributed by atoms with E-state index in [1.165, 1.54) is 11.1 Å². The normalized spacial score (nSPS) is 37.0. The molecule has 1 amide bonds.